The number of pyridine rings is 2. The second kappa shape index (κ2) is 4.55. The highest BCUT2D eigenvalue weighted by molar-refractivity contribution is 5.77. The molecule has 0 atom stereocenters. The first-order chi connectivity index (χ1) is 6.36. The molecule has 2 aromatic heterocycles. The van der Waals surface area contributed by atoms with Gasteiger partial charge in [0.1, 0.15) is 0 Å². The maximum atomic E-state index is 4.34. The van der Waals surface area contributed by atoms with Gasteiger partial charge in [0.2, 0.25) is 0 Å². The van der Waals surface area contributed by atoms with Crippen LogP contribution in [-0.4, -0.2) is 9.97 Å². The lowest BCUT2D eigenvalue weighted by molar-refractivity contribution is 1.24. The van der Waals surface area contributed by atoms with Gasteiger partial charge in [0.15, 0.2) is 0 Å². The van der Waals surface area contributed by atoms with Crippen molar-refractivity contribution in [2.45, 2.75) is 20.8 Å². The lowest BCUT2D eigenvalue weighted by atomic mass is 10.2. The highest BCUT2D eigenvalue weighted by Gasteiger charge is 1.91. The van der Waals surface area contributed by atoms with Gasteiger partial charge < -0.3 is 0 Å². The van der Waals surface area contributed by atoms with Gasteiger partial charge in [0.25, 0.3) is 0 Å². The summed E-state index contributed by atoms with van der Waals surface area (Å²) < 4.78 is 0. The van der Waals surface area contributed by atoms with E-state index in [9.17, 15) is 0 Å². The van der Waals surface area contributed by atoms with Gasteiger partial charge in [-0.05, 0) is 25.1 Å². The number of hydrogen-bond donors (Lipinski definition) is 0. The van der Waals surface area contributed by atoms with Crippen molar-refractivity contribution in [2.24, 2.45) is 0 Å². The van der Waals surface area contributed by atoms with Crippen LogP contribution in [0.25, 0.3) is 10.9 Å². The van der Waals surface area contributed by atoms with Crippen molar-refractivity contribution in [1.82, 2.24) is 9.97 Å². The summed E-state index contributed by atoms with van der Waals surface area (Å²) in [5, 5.41) is 1.10. The van der Waals surface area contributed by atoms with Crippen LogP contribution in [0.15, 0.2) is 30.6 Å². The Labute approximate surface area is 78.7 Å². The van der Waals surface area contributed by atoms with Gasteiger partial charge in [-0.25, -0.2) is 0 Å². The van der Waals surface area contributed by atoms with E-state index in [1.165, 1.54) is 0 Å². The minimum Gasteiger partial charge on any atom is -0.264 e. The van der Waals surface area contributed by atoms with Gasteiger partial charge in [-0.2, -0.15) is 0 Å². The molecule has 2 aromatic rings. The normalized spacial score (nSPS) is 9.15. The SMILES string of the molecule is CC.Cc1ccc2cnccc2n1. The highest BCUT2D eigenvalue weighted by atomic mass is 14.7. The molecule has 13 heavy (non-hydrogen) atoms. The third kappa shape index (κ3) is 2.25. The molecule has 2 nitrogen and oxygen atoms in total. The van der Waals surface area contributed by atoms with Crippen LogP contribution in [-0.2, 0) is 0 Å². The fourth-order valence-electron chi connectivity index (χ4n) is 1.07. The molecule has 0 bridgehead atoms. The molecule has 0 aliphatic carbocycles. The molecule has 0 unspecified atom stereocenters. The number of aromatic nitrogens is 2. The van der Waals surface area contributed by atoms with Crippen molar-refractivity contribution in [1.29, 1.82) is 0 Å². The Morgan fingerprint density at radius 3 is 2.62 bits per heavy atom. The zero-order valence-electron chi connectivity index (χ0n) is 8.28. The van der Waals surface area contributed by atoms with Crippen molar-refractivity contribution >= 4 is 10.9 Å². The van der Waals surface area contributed by atoms with Gasteiger partial charge in [-0.1, -0.05) is 13.8 Å². The van der Waals surface area contributed by atoms with E-state index in [0.717, 1.165) is 16.6 Å². The van der Waals surface area contributed by atoms with Crippen LogP contribution in [0.5, 0.6) is 0 Å². The summed E-state index contributed by atoms with van der Waals surface area (Å²) in [6.07, 6.45) is 3.58. The molecule has 2 heterocycles. The minimum absolute atomic E-state index is 1.01. The summed E-state index contributed by atoms with van der Waals surface area (Å²) in [7, 11) is 0. The molecule has 0 saturated carbocycles. The van der Waals surface area contributed by atoms with Crippen LogP contribution in [0.1, 0.15) is 19.5 Å². The first-order valence-electron chi connectivity index (χ1n) is 4.53. The lowest BCUT2D eigenvalue weighted by Gasteiger charge is -1.95. The third-order valence-corrected chi connectivity index (χ3v) is 1.63. The quantitative estimate of drug-likeness (QED) is 0.613. The molecule has 0 spiro atoms. The summed E-state index contributed by atoms with van der Waals surface area (Å²) >= 11 is 0. The van der Waals surface area contributed by atoms with Crippen molar-refractivity contribution < 1.29 is 0 Å². The Morgan fingerprint density at radius 1 is 1.08 bits per heavy atom. The zero-order valence-corrected chi connectivity index (χ0v) is 8.28. The Hall–Kier alpha value is -1.44. The first-order valence-corrected chi connectivity index (χ1v) is 4.53. The lowest BCUT2D eigenvalue weighted by Crippen LogP contribution is -1.82. The van der Waals surface area contributed by atoms with Gasteiger partial charge in [0.05, 0.1) is 5.52 Å². The maximum absolute atomic E-state index is 4.34. The van der Waals surface area contributed by atoms with E-state index in [0.29, 0.717) is 0 Å². The van der Waals surface area contributed by atoms with Gasteiger partial charge in [-0.3, -0.25) is 9.97 Å². The molecule has 0 saturated heterocycles. The topological polar surface area (TPSA) is 25.8 Å². The minimum atomic E-state index is 1.01. The van der Waals surface area contributed by atoms with Crippen LogP contribution in [0.4, 0.5) is 0 Å². The average molecular weight is 174 g/mol. The smallest absolute Gasteiger partial charge is 0.0735 e. The van der Waals surface area contributed by atoms with E-state index in [-0.39, 0.29) is 0 Å². The number of aryl methyl sites for hydroxylation is 1. The Kier molecular flexibility index (Phi) is 3.38. The molecule has 0 aliphatic heterocycles. The third-order valence-electron chi connectivity index (χ3n) is 1.63. The molecule has 0 N–H and O–H groups in total. The Morgan fingerprint density at radius 2 is 1.85 bits per heavy atom. The molecular formula is C11H14N2. The standard InChI is InChI=1S/C9H8N2.C2H6/c1-7-2-3-8-6-10-5-4-9(8)11-7;1-2/h2-6H,1H3;1-2H3. The van der Waals surface area contributed by atoms with Crippen LogP contribution >= 0.6 is 0 Å². The van der Waals surface area contributed by atoms with E-state index in [1.807, 2.05) is 45.2 Å². The molecule has 0 aliphatic rings. The van der Waals surface area contributed by atoms with Crippen molar-refractivity contribution in [3.63, 3.8) is 0 Å². The van der Waals surface area contributed by atoms with E-state index in [2.05, 4.69) is 9.97 Å². The predicted octanol–water partition coefficient (Wildman–Crippen LogP) is 2.96. The molecule has 0 radical (unpaired) electrons. The second-order valence-electron chi connectivity index (χ2n) is 2.52. The highest BCUT2D eigenvalue weighted by Crippen LogP contribution is 2.08. The number of nitrogens with zero attached hydrogens (tertiary/aromatic N) is 2. The maximum Gasteiger partial charge on any atom is 0.0735 e. The zero-order chi connectivity index (χ0) is 9.68. The summed E-state index contributed by atoms with van der Waals surface area (Å²) in [4.78, 5) is 8.34. The van der Waals surface area contributed by atoms with E-state index in [1.54, 1.807) is 6.20 Å². The van der Waals surface area contributed by atoms with Crippen molar-refractivity contribution in [2.75, 3.05) is 0 Å². The predicted molar refractivity (Wildman–Crippen MR) is 55.6 cm³/mol. The van der Waals surface area contributed by atoms with Crippen molar-refractivity contribution in [3.05, 3.63) is 36.3 Å². The van der Waals surface area contributed by atoms with Crippen molar-refractivity contribution in [3.8, 4) is 0 Å². The van der Waals surface area contributed by atoms with Crippen LogP contribution < -0.4 is 0 Å². The number of fused-ring (bicyclic) bond motifs is 1. The monoisotopic (exact) mass is 174 g/mol. The average Bonchev–Trinajstić information content (AvgIpc) is 2.21. The van der Waals surface area contributed by atoms with Crippen LogP contribution in [0.2, 0.25) is 0 Å². The van der Waals surface area contributed by atoms with Crippen LogP contribution in [0.3, 0.4) is 0 Å². The number of rotatable bonds is 0. The fraction of sp³-hybridized carbons (Fsp3) is 0.273. The fourth-order valence-corrected chi connectivity index (χ4v) is 1.07. The van der Waals surface area contributed by atoms with Gasteiger partial charge >= 0.3 is 0 Å². The summed E-state index contributed by atoms with van der Waals surface area (Å²) in [6, 6.07) is 5.94. The van der Waals surface area contributed by atoms with Crippen LogP contribution in [0, 0.1) is 6.92 Å². The summed E-state index contributed by atoms with van der Waals surface area (Å²) in [5.41, 5.74) is 2.06. The largest absolute Gasteiger partial charge is 0.264 e. The molecular weight excluding hydrogens is 160 g/mol. The molecule has 68 valence electrons. The van der Waals surface area contributed by atoms with E-state index in [4.69, 9.17) is 0 Å². The molecule has 0 fully saturated rings. The van der Waals surface area contributed by atoms with Gasteiger partial charge in [-0.15, -0.1) is 0 Å². The second-order valence-corrected chi connectivity index (χ2v) is 2.52. The number of hydrogen-bond acceptors (Lipinski definition) is 2. The molecule has 2 rings (SSSR count). The molecule has 0 amide bonds. The van der Waals surface area contributed by atoms with E-state index >= 15 is 0 Å². The summed E-state index contributed by atoms with van der Waals surface area (Å²) in [6.45, 7) is 5.99. The van der Waals surface area contributed by atoms with Gasteiger partial charge in [0, 0.05) is 23.5 Å². The molecule has 0 aromatic carbocycles. The Bertz CT molecular complexity index is 383. The Balaban J connectivity index is 0.000000396. The van der Waals surface area contributed by atoms with E-state index < -0.39 is 0 Å². The molecule has 2 heteroatoms. The summed E-state index contributed by atoms with van der Waals surface area (Å²) in [5.74, 6) is 0. The first kappa shape index (κ1) is 9.65.